The van der Waals surface area contributed by atoms with Crippen LogP contribution in [0.2, 0.25) is 0 Å². The molecule has 0 amide bonds. The Morgan fingerprint density at radius 3 is 2.71 bits per heavy atom. The molecule has 0 radical (unpaired) electrons. The van der Waals surface area contributed by atoms with E-state index in [1.165, 1.54) is 0 Å². The van der Waals surface area contributed by atoms with Crippen molar-refractivity contribution in [1.82, 2.24) is 5.32 Å². The second-order valence-corrected chi connectivity index (χ2v) is 3.18. The van der Waals surface area contributed by atoms with Gasteiger partial charge < -0.3 is 15.2 Å². The highest BCUT2D eigenvalue weighted by molar-refractivity contribution is 5.73. The molecular formula is C10H21NO3. The van der Waals surface area contributed by atoms with E-state index >= 15 is 0 Å². The van der Waals surface area contributed by atoms with Crippen molar-refractivity contribution in [2.24, 2.45) is 0 Å². The third kappa shape index (κ3) is 6.86. The molecule has 4 heteroatoms. The summed E-state index contributed by atoms with van der Waals surface area (Å²) in [6.45, 7) is 5.83. The summed E-state index contributed by atoms with van der Waals surface area (Å²) in [6, 6.07) is -0.421. The maximum Gasteiger partial charge on any atom is 0.320 e. The molecule has 0 bridgehead atoms. The Labute approximate surface area is 85.6 Å². The summed E-state index contributed by atoms with van der Waals surface area (Å²) >= 11 is 0. The Kier molecular flexibility index (Phi) is 8.57. The van der Waals surface area contributed by atoms with Crippen LogP contribution in [0.15, 0.2) is 0 Å². The van der Waals surface area contributed by atoms with Crippen molar-refractivity contribution in [3.63, 3.8) is 0 Å². The van der Waals surface area contributed by atoms with Crippen LogP contribution in [-0.2, 0) is 9.53 Å². The fourth-order valence-electron chi connectivity index (χ4n) is 1.17. The van der Waals surface area contributed by atoms with Crippen molar-refractivity contribution in [2.75, 3.05) is 19.8 Å². The first-order valence-electron chi connectivity index (χ1n) is 5.26. The molecule has 0 spiro atoms. The molecule has 14 heavy (non-hydrogen) atoms. The molecule has 1 atom stereocenters. The van der Waals surface area contributed by atoms with Crippen LogP contribution in [-0.4, -0.2) is 36.9 Å². The summed E-state index contributed by atoms with van der Waals surface area (Å²) in [5.41, 5.74) is 0. The molecule has 0 aromatic carbocycles. The van der Waals surface area contributed by atoms with Crippen molar-refractivity contribution in [3.05, 3.63) is 0 Å². The molecule has 0 saturated carbocycles. The third-order valence-corrected chi connectivity index (χ3v) is 1.99. The molecule has 0 aliphatic heterocycles. The second-order valence-electron chi connectivity index (χ2n) is 3.18. The highest BCUT2D eigenvalue weighted by Crippen LogP contribution is 2.00. The lowest BCUT2D eigenvalue weighted by Crippen LogP contribution is -2.38. The zero-order valence-electron chi connectivity index (χ0n) is 9.08. The van der Waals surface area contributed by atoms with Gasteiger partial charge in [0.15, 0.2) is 0 Å². The van der Waals surface area contributed by atoms with Gasteiger partial charge in [-0.2, -0.15) is 0 Å². The molecule has 0 saturated heterocycles. The minimum absolute atomic E-state index is 0.421. The van der Waals surface area contributed by atoms with Gasteiger partial charge in [0.05, 0.1) is 6.61 Å². The minimum Gasteiger partial charge on any atom is -0.480 e. The van der Waals surface area contributed by atoms with Crippen LogP contribution >= 0.6 is 0 Å². The Morgan fingerprint density at radius 2 is 2.21 bits per heavy atom. The number of carboxylic acid groups (broad SMARTS) is 1. The number of carboxylic acids is 1. The van der Waals surface area contributed by atoms with Gasteiger partial charge in [-0.3, -0.25) is 4.79 Å². The summed E-state index contributed by atoms with van der Waals surface area (Å²) < 4.78 is 5.11. The van der Waals surface area contributed by atoms with E-state index in [0.29, 0.717) is 26.2 Å². The van der Waals surface area contributed by atoms with Crippen molar-refractivity contribution < 1.29 is 14.6 Å². The van der Waals surface area contributed by atoms with E-state index in [9.17, 15) is 4.79 Å². The molecule has 0 aliphatic rings. The normalized spacial score (nSPS) is 12.7. The summed E-state index contributed by atoms with van der Waals surface area (Å²) in [7, 11) is 0. The number of ether oxygens (including phenoxy) is 1. The molecule has 1 unspecified atom stereocenters. The van der Waals surface area contributed by atoms with Gasteiger partial charge in [0.25, 0.3) is 0 Å². The van der Waals surface area contributed by atoms with Crippen LogP contribution < -0.4 is 5.32 Å². The Hall–Kier alpha value is -0.610. The molecule has 0 heterocycles. The lowest BCUT2D eigenvalue weighted by Gasteiger charge is -2.13. The van der Waals surface area contributed by atoms with E-state index in [0.717, 1.165) is 12.8 Å². The molecule has 4 nitrogen and oxygen atoms in total. The van der Waals surface area contributed by atoms with Crippen molar-refractivity contribution >= 4 is 5.97 Å². The fourth-order valence-corrected chi connectivity index (χ4v) is 1.17. The maximum absolute atomic E-state index is 10.8. The summed E-state index contributed by atoms with van der Waals surface area (Å²) in [5, 5.41) is 11.8. The highest BCUT2D eigenvalue weighted by Gasteiger charge is 2.14. The predicted molar refractivity (Wildman–Crippen MR) is 55.4 cm³/mol. The average Bonchev–Trinajstić information content (AvgIpc) is 2.16. The zero-order valence-corrected chi connectivity index (χ0v) is 9.08. The van der Waals surface area contributed by atoms with Crippen LogP contribution in [0, 0.1) is 0 Å². The quantitative estimate of drug-likeness (QED) is 0.554. The first-order chi connectivity index (χ1) is 6.72. The van der Waals surface area contributed by atoms with Gasteiger partial charge in [0.2, 0.25) is 0 Å². The molecule has 0 aromatic rings. The molecule has 2 N–H and O–H groups in total. The van der Waals surface area contributed by atoms with Gasteiger partial charge in [-0.1, -0.05) is 19.8 Å². The molecule has 0 rings (SSSR count). The van der Waals surface area contributed by atoms with Crippen molar-refractivity contribution in [1.29, 1.82) is 0 Å². The van der Waals surface area contributed by atoms with Crippen LogP contribution in [0.5, 0.6) is 0 Å². The van der Waals surface area contributed by atoms with E-state index in [4.69, 9.17) is 9.84 Å². The third-order valence-electron chi connectivity index (χ3n) is 1.99. The number of carbonyl (C=O) groups is 1. The van der Waals surface area contributed by atoms with Gasteiger partial charge >= 0.3 is 5.97 Å². The van der Waals surface area contributed by atoms with Gasteiger partial charge in [0, 0.05) is 13.2 Å². The average molecular weight is 203 g/mol. The topological polar surface area (TPSA) is 58.6 Å². The maximum atomic E-state index is 10.8. The smallest absolute Gasteiger partial charge is 0.320 e. The van der Waals surface area contributed by atoms with E-state index in [-0.39, 0.29) is 0 Å². The second kappa shape index (κ2) is 8.97. The predicted octanol–water partition coefficient (Wildman–Crippen LogP) is 1.26. The van der Waals surface area contributed by atoms with E-state index in [1.54, 1.807) is 0 Å². The van der Waals surface area contributed by atoms with Crippen LogP contribution in [0.4, 0.5) is 0 Å². The number of nitrogens with one attached hydrogen (secondary N) is 1. The van der Waals surface area contributed by atoms with Crippen molar-refractivity contribution in [2.45, 2.75) is 39.2 Å². The van der Waals surface area contributed by atoms with Crippen LogP contribution in [0.25, 0.3) is 0 Å². The summed E-state index contributed by atoms with van der Waals surface area (Å²) in [4.78, 5) is 10.8. The van der Waals surface area contributed by atoms with Gasteiger partial charge in [-0.25, -0.2) is 0 Å². The monoisotopic (exact) mass is 203 g/mol. The molecule has 0 aromatic heterocycles. The molecule has 0 aliphatic carbocycles. The zero-order chi connectivity index (χ0) is 10.8. The summed E-state index contributed by atoms with van der Waals surface area (Å²) in [6.07, 6.45) is 2.66. The highest BCUT2D eigenvalue weighted by atomic mass is 16.5. The summed E-state index contributed by atoms with van der Waals surface area (Å²) in [5.74, 6) is -0.769. The Morgan fingerprint density at radius 1 is 1.50 bits per heavy atom. The lowest BCUT2D eigenvalue weighted by atomic mass is 10.1. The largest absolute Gasteiger partial charge is 0.480 e. The number of aliphatic carboxylic acids is 1. The number of hydrogen-bond acceptors (Lipinski definition) is 3. The minimum atomic E-state index is -0.769. The molecular weight excluding hydrogens is 182 g/mol. The first-order valence-corrected chi connectivity index (χ1v) is 5.26. The van der Waals surface area contributed by atoms with Crippen molar-refractivity contribution in [3.8, 4) is 0 Å². The number of unbranched alkanes of at least 4 members (excludes halogenated alkanes) is 1. The van der Waals surface area contributed by atoms with Crippen LogP contribution in [0.3, 0.4) is 0 Å². The lowest BCUT2D eigenvalue weighted by molar-refractivity contribution is -0.139. The molecule has 84 valence electrons. The van der Waals surface area contributed by atoms with E-state index in [1.807, 2.05) is 6.92 Å². The van der Waals surface area contributed by atoms with Gasteiger partial charge in [-0.15, -0.1) is 0 Å². The molecule has 0 fully saturated rings. The number of rotatable bonds is 9. The SMILES string of the molecule is CCCCC(NCCOCC)C(=O)O. The van der Waals surface area contributed by atoms with E-state index < -0.39 is 12.0 Å². The standard InChI is InChI=1S/C10H21NO3/c1-3-5-6-9(10(12)13)11-7-8-14-4-2/h9,11H,3-8H2,1-2H3,(H,12,13). The Bertz CT molecular complexity index is 150. The van der Waals surface area contributed by atoms with E-state index in [2.05, 4.69) is 12.2 Å². The van der Waals surface area contributed by atoms with Gasteiger partial charge in [0.1, 0.15) is 6.04 Å². The number of hydrogen-bond donors (Lipinski definition) is 2. The van der Waals surface area contributed by atoms with Gasteiger partial charge in [-0.05, 0) is 13.3 Å². The Balaban J connectivity index is 3.57. The van der Waals surface area contributed by atoms with Crippen LogP contribution in [0.1, 0.15) is 33.1 Å². The fraction of sp³-hybridized carbons (Fsp3) is 0.900. The first kappa shape index (κ1) is 13.4.